The Morgan fingerprint density at radius 1 is 1.38 bits per heavy atom. The monoisotopic (exact) mass is 245 g/mol. The molecule has 92 valence electrons. The molecule has 0 saturated carbocycles. The zero-order chi connectivity index (χ0) is 11.6. The Balaban J connectivity index is 2.27. The first kappa shape index (κ1) is 12.2. The van der Waals surface area contributed by atoms with Crippen LogP contribution in [0.3, 0.4) is 0 Å². The molecule has 0 aromatic rings. The summed E-state index contributed by atoms with van der Waals surface area (Å²) in [5.74, 6) is 1.39. The number of methoxy groups -OCH3 is 1. The lowest BCUT2D eigenvalue weighted by Crippen LogP contribution is -2.58. The highest BCUT2D eigenvalue weighted by molar-refractivity contribution is 7.99. The van der Waals surface area contributed by atoms with Crippen LogP contribution in [0.4, 0.5) is 0 Å². The highest BCUT2D eigenvalue weighted by atomic mass is 32.2. The number of ether oxygens (including phenoxy) is 1. The molecular weight excluding hydrogens is 226 g/mol. The second-order valence-corrected chi connectivity index (χ2v) is 5.76. The summed E-state index contributed by atoms with van der Waals surface area (Å²) in [6.45, 7) is 1.56. The zero-order valence-electron chi connectivity index (χ0n) is 9.62. The lowest BCUT2D eigenvalue weighted by molar-refractivity contribution is -0.173. The Kier molecular flexibility index (Phi) is 3.47. The Morgan fingerprint density at radius 3 is 2.56 bits per heavy atom. The average Bonchev–Trinajstić information content (AvgIpc) is 2.80. The van der Waals surface area contributed by atoms with Gasteiger partial charge in [-0.25, -0.2) is 0 Å². The summed E-state index contributed by atoms with van der Waals surface area (Å²) in [5, 5.41) is 14.0. The Morgan fingerprint density at radius 2 is 2.06 bits per heavy atom. The van der Waals surface area contributed by atoms with Gasteiger partial charge >= 0.3 is 5.97 Å². The fourth-order valence-corrected chi connectivity index (χ4v) is 4.31. The van der Waals surface area contributed by atoms with Crippen molar-refractivity contribution in [2.75, 3.05) is 31.7 Å². The number of hydrogen-bond acceptors (Lipinski definition) is 5. The van der Waals surface area contributed by atoms with E-state index in [1.165, 1.54) is 7.11 Å². The Labute approximate surface area is 100 Å². The first-order chi connectivity index (χ1) is 7.65. The van der Waals surface area contributed by atoms with E-state index in [0.717, 1.165) is 25.3 Å². The van der Waals surface area contributed by atoms with E-state index >= 15 is 0 Å². The minimum absolute atomic E-state index is 0.234. The normalized spacial score (nSPS) is 33.6. The van der Waals surface area contributed by atoms with Gasteiger partial charge in [0.2, 0.25) is 0 Å². The third kappa shape index (κ3) is 1.75. The van der Waals surface area contributed by atoms with Crippen LogP contribution < -0.4 is 5.32 Å². The molecule has 2 aliphatic rings. The molecule has 1 atom stereocenters. The number of carbonyl (C=O) groups excluding carboxylic acids is 1. The van der Waals surface area contributed by atoms with Crippen molar-refractivity contribution in [1.82, 2.24) is 5.32 Å². The van der Waals surface area contributed by atoms with Gasteiger partial charge in [0, 0.05) is 5.75 Å². The summed E-state index contributed by atoms with van der Waals surface area (Å²) >= 11 is 1.74. The molecule has 2 heterocycles. The van der Waals surface area contributed by atoms with Crippen LogP contribution in [0.1, 0.15) is 19.3 Å². The predicted molar refractivity (Wildman–Crippen MR) is 63.4 cm³/mol. The van der Waals surface area contributed by atoms with Gasteiger partial charge in [0.05, 0.1) is 12.7 Å². The second-order valence-electron chi connectivity index (χ2n) is 4.66. The van der Waals surface area contributed by atoms with Crippen molar-refractivity contribution in [3.63, 3.8) is 0 Å². The molecule has 2 saturated heterocycles. The number of piperidine rings is 1. The van der Waals surface area contributed by atoms with E-state index in [2.05, 4.69) is 5.32 Å². The van der Waals surface area contributed by atoms with Crippen LogP contribution in [-0.2, 0) is 9.53 Å². The molecule has 2 N–H and O–H groups in total. The van der Waals surface area contributed by atoms with Crippen molar-refractivity contribution >= 4 is 17.7 Å². The SMILES string of the molecule is COC(=O)C1(C2(O)CCNCC2)CCSC1. The van der Waals surface area contributed by atoms with E-state index in [-0.39, 0.29) is 5.97 Å². The van der Waals surface area contributed by atoms with Crippen LogP contribution in [0.5, 0.6) is 0 Å². The summed E-state index contributed by atoms with van der Waals surface area (Å²) in [6.07, 6.45) is 2.02. The minimum Gasteiger partial charge on any atom is -0.468 e. The van der Waals surface area contributed by atoms with Gasteiger partial charge in [0.15, 0.2) is 0 Å². The molecule has 2 fully saturated rings. The number of rotatable bonds is 2. The molecule has 2 rings (SSSR count). The quantitative estimate of drug-likeness (QED) is 0.690. The fourth-order valence-electron chi connectivity index (χ4n) is 2.80. The molecule has 16 heavy (non-hydrogen) atoms. The number of esters is 1. The predicted octanol–water partition coefficient (Wildman–Crippen LogP) is 0.397. The highest BCUT2D eigenvalue weighted by Crippen LogP contribution is 2.49. The first-order valence-electron chi connectivity index (χ1n) is 5.74. The smallest absolute Gasteiger partial charge is 0.315 e. The number of aliphatic hydroxyl groups is 1. The third-order valence-corrected chi connectivity index (χ3v) is 5.11. The van der Waals surface area contributed by atoms with Crippen LogP contribution in [0, 0.1) is 5.41 Å². The molecule has 5 heteroatoms. The molecule has 0 spiro atoms. The molecule has 0 aromatic carbocycles. The van der Waals surface area contributed by atoms with Crippen molar-refractivity contribution < 1.29 is 14.6 Å². The van der Waals surface area contributed by atoms with E-state index in [0.29, 0.717) is 18.6 Å². The number of hydrogen-bond donors (Lipinski definition) is 2. The number of carbonyl (C=O) groups is 1. The van der Waals surface area contributed by atoms with E-state index in [4.69, 9.17) is 4.74 Å². The molecule has 2 aliphatic heterocycles. The van der Waals surface area contributed by atoms with Crippen LogP contribution >= 0.6 is 11.8 Å². The summed E-state index contributed by atoms with van der Waals surface area (Å²) < 4.78 is 4.92. The van der Waals surface area contributed by atoms with E-state index in [1.54, 1.807) is 11.8 Å². The van der Waals surface area contributed by atoms with E-state index < -0.39 is 11.0 Å². The van der Waals surface area contributed by atoms with Crippen molar-refractivity contribution in [1.29, 1.82) is 0 Å². The number of thioether (sulfide) groups is 1. The van der Waals surface area contributed by atoms with Gasteiger partial charge in [-0.2, -0.15) is 11.8 Å². The van der Waals surface area contributed by atoms with Gasteiger partial charge in [0.25, 0.3) is 0 Å². The zero-order valence-corrected chi connectivity index (χ0v) is 10.4. The number of nitrogens with one attached hydrogen (secondary N) is 1. The van der Waals surface area contributed by atoms with Gasteiger partial charge in [0.1, 0.15) is 5.41 Å². The Hall–Kier alpha value is -0.260. The van der Waals surface area contributed by atoms with Crippen LogP contribution in [0.15, 0.2) is 0 Å². The van der Waals surface area contributed by atoms with E-state index in [9.17, 15) is 9.90 Å². The van der Waals surface area contributed by atoms with Gasteiger partial charge in [-0.1, -0.05) is 0 Å². The largest absolute Gasteiger partial charge is 0.468 e. The maximum absolute atomic E-state index is 12.0. The molecule has 0 radical (unpaired) electrons. The maximum atomic E-state index is 12.0. The molecule has 0 bridgehead atoms. The topological polar surface area (TPSA) is 58.6 Å². The molecule has 1 unspecified atom stereocenters. The minimum atomic E-state index is -0.880. The molecule has 4 nitrogen and oxygen atoms in total. The lowest BCUT2D eigenvalue weighted by atomic mass is 9.67. The van der Waals surface area contributed by atoms with Crippen molar-refractivity contribution in [2.24, 2.45) is 5.41 Å². The molecule has 0 aromatic heterocycles. The molecule has 0 amide bonds. The van der Waals surface area contributed by atoms with Crippen molar-refractivity contribution in [2.45, 2.75) is 24.9 Å². The highest BCUT2D eigenvalue weighted by Gasteiger charge is 2.58. The van der Waals surface area contributed by atoms with Crippen LogP contribution in [0.25, 0.3) is 0 Å². The maximum Gasteiger partial charge on any atom is 0.315 e. The molecular formula is C11H19NO3S. The summed E-state index contributed by atoms with van der Waals surface area (Å²) in [5.41, 5.74) is -1.55. The van der Waals surface area contributed by atoms with Gasteiger partial charge in [-0.05, 0) is 38.1 Å². The molecule has 0 aliphatic carbocycles. The van der Waals surface area contributed by atoms with Gasteiger partial charge in [-0.3, -0.25) is 4.79 Å². The van der Waals surface area contributed by atoms with Crippen LogP contribution in [-0.4, -0.2) is 48.4 Å². The van der Waals surface area contributed by atoms with Crippen molar-refractivity contribution in [3.05, 3.63) is 0 Å². The third-order valence-electron chi connectivity index (χ3n) is 3.92. The second kappa shape index (κ2) is 4.55. The average molecular weight is 245 g/mol. The lowest BCUT2D eigenvalue weighted by Gasteiger charge is -2.44. The van der Waals surface area contributed by atoms with E-state index in [1.807, 2.05) is 0 Å². The van der Waals surface area contributed by atoms with Gasteiger partial charge in [-0.15, -0.1) is 0 Å². The van der Waals surface area contributed by atoms with Crippen molar-refractivity contribution in [3.8, 4) is 0 Å². The first-order valence-corrected chi connectivity index (χ1v) is 6.89. The Bertz CT molecular complexity index is 270. The fraction of sp³-hybridized carbons (Fsp3) is 0.909. The standard InChI is InChI=1S/C11H19NO3S/c1-15-9(13)10(4-7-16-8-10)11(14)2-5-12-6-3-11/h12,14H,2-8H2,1H3. The summed E-state index contributed by atoms with van der Waals surface area (Å²) in [4.78, 5) is 12.0. The summed E-state index contributed by atoms with van der Waals surface area (Å²) in [6, 6.07) is 0. The van der Waals surface area contributed by atoms with Crippen LogP contribution in [0.2, 0.25) is 0 Å². The van der Waals surface area contributed by atoms with Gasteiger partial charge < -0.3 is 15.2 Å². The summed E-state index contributed by atoms with van der Waals surface area (Å²) in [7, 11) is 1.41.